The molecule has 0 atom stereocenters. The molecule has 1 aromatic heterocycles. The van der Waals surface area contributed by atoms with Gasteiger partial charge in [-0.25, -0.2) is 9.18 Å². The second-order valence-electron chi connectivity index (χ2n) is 6.33. The first kappa shape index (κ1) is 16.5. The molecule has 0 saturated heterocycles. The number of hydrogen-bond donors (Lipinski definition) is 1. The second kappa shape index (κ2) is 5.91. The minimum atomic E-state index is -0.952. The van der Waals surface area contributed by atoms with E-state index >= 15 is 0 Å². The van der Waals surface area contributed by atoms with Crippen molar-refractivity contribution in [2.45, 2.75) is 27.3 Å². The average molecular weight is 341 g/mol. The van der Waals surface area contributed by atoms with Crippen molar-refractivity contribution < 1.29 is 14.3 Å². The van der Waals surface area contributed by atoms with Gasteiger partial charge in [-0.05, 0) is 55.7 Å². The van der Waals surface area contributed by atoms with Crippen molar-refractivity contribution >= 4 is 32.3 Å². The molecule has 3 rings (SSSR count). The van der Waals surface area contributed by atoms with E-state index in [2.05, 4.69) is 19.9 Å². The fourth-order valence-electron chi connectivity index (χ4n) is 3.45. The van der Waals surface area contributed by atoms with Gasteiger partial charge in [-0.15, -0.1) is 0 Å². The van der Waals surface area contributed by atoms with Gasteiger partial charge in [0.15, 0.2) is 0 Å². The van der Waals surface area contributed by atoms with Crippen molar-refractivity contribution in [2.24, 2.45) is 0 Å². The standard InChI is InChI=1S/C19H20FNO2Si/c1-10-7-15-16(12(3)18(10)24)11(2)17(19(22)23)21(15)9-13-5-4-6-14(20)8-13/h4-8H,9H2,1-3,24H3,(H,22,23). The quantitative estimate of drug-likeness (QED) is 0.744. The molecule has 3 aromatic rings. The molecule has 0 bridgehead atoms. The topological polar surface area (TPSA) is 42.2 Å². The third-order valence-electron chi connectivity index (χ3n) is 4.86. The highest BCUT2D eigenvalue weighted by Gasteiger charge is 2.22. The Morgan fingerprint density at radius 3 is 2.54 bits per heavy atom. The van der Waals surface area contributed by atoms with E-state index in [4.69, 9.17) is 0 Å². The Labute approximate surface area is 143 Å². The van der Waals surface area contributed by atoms with Gasteiger partial charge in [0, 0.05) is 27.7 Å². The number of aromatic carboxylic acids is 1. The first-order chi connectivity index (χ1) is 11.3. The molecule has 0 saturated carbocycles. The zero-order valence-corrected chi connectivity index (χ0v) is 16.3. The van der Waals surface area contributed by atoms with Crippen LogP contribution in [0.4, 0.5) is 4.39 Å². The van der Waals surface area contributed by atoms with E-state index in [1.54, 1.807) is 10.6 Å². The molecule has 0 amide bonds. The molecule has 1 N–H and O–H groups in total. The van der Waals surface area contributed by atoms with Crippen LogP contribution in [0.2, 0.25) is 0 Å². The molecule has 0 unspecified atom stereocenters. The Bertz CT molecular complexity index is 975. The summed E-state index contributed by atoms with van der Waals surface area (Å²) in [4.78, 5) is 11.9. The minimum Gasteiger partial charge on any atom is -0.477 e. The number of rotatable bonds is 3. The summed E-state index contributed by atoms with van der Waals surface area (Å²) in [5.41, 5.74) is 5.06. The van der Waals surface area contributed by atoms with Crippen LogP contribution in [0, 0.1) is 26.6 Å². The number of carboxylic acid groups (broad SMARTS) is 1. The van der Waals surface area contributed by atoms with E-state index < -0.39 is 5.97 Å². The maximum Gasteiger partial charge on any atom is 0.352 e. The molecule has 0 aliphatic rings. The molecule has 5 heteroatoms. The zero-order valence-electron chi connectivity index (χ0n) is 14.3. The van der Waals surface area contributed by atoms with Crippen LogP contribution in [0.15, 0.2) is 30.3 Å². The molecule has 2 aromatic carbocycles. The highest BCUT2D eigenvalue weighted by molar-refractivity contribution is 6.35. The van der Waals surface area contributed by atoms with Crippen LogP contribution in [0.3, 0.4) is 0 Å². The smallest absolute Gasteiger partial charge is 0.352 e. The lowest BCUT2D eigenvalue weighted by Gasteiger charge is -2.11. The van der Waals surface area contributed by atoms with Crippen molar-refractivity contribution in [3.05, 3.63) is 64.1 Å². The number of benzene rings is 2. The molecule has 3 nitrogen and oxygen atoms in total. The van der Waals surface area contributed by atoms with Crippen LogP contribution in [0.25, 0.3) is 10.9 Å². The SMILES string of the molecule is Cc1cc2c(c(C)c1[SiH3])c(C)c(C(=O)O)n2Cc1cccc(F)c1. The molecule has 0 aliphatic heterocycles. The third kappa shape index (κ3) is 2.55. The van der Waals surface area contributed by atoms with Crippen LogP contribution >= 0.6 is 0 Å². The van der Waals surface area contributed by atoms with Gasteiger partial charge in [0.2, 0.25) is 0 Å². The maximum absolute atomic E-state index is 13.5. The fraction of sp³-hybridized carbons (Fsp3) is 0.211. The summed E-state index contributed by atoms with van der Waals surface area (Å²) in [5.74, 6) is -1.26. The van der Waals surface area contributed by atoms with Gasteiger partial charge in [-0.1, -0.05) is 22.9 Å². The van der Waals surface area contributed by atoms with Crippen molar-refractivity contribution in [3.63, 3.8) is 0 Å². The number of halogens is 1. The molecule has 124 valence electrons. The summed E-state index contributed by atoms with van der Waals surface area (Å²) in [5, 5.41) is 12.0. The van der Waals surface area contributed by atoms with Crippen molar-refractivity contribution in [1.82, 2.24) is 4.57 Å². The molecule has 0 aliphatic carbocycles. The molecule has 0 spiro atoms. The summed E-state index contributed by atoms with van der Waals surface area (Å²) in [6.45, 7) is 6.31. The summed E-state index contributed by atoms with van der Waals surface area (Å²) in [6, 6.07) is 8.37. The first-order valence-electron chi connectivity index (χ1n) is 7.88. The van der Waals surface area contributed by atoms with Crippen LogP contribution in [0.1, 0.15) is 32.7 Å². The lowest BCUT2D eigenvalue weighted by molar-refractivity contribution is 0.0685. The average Bonchev–Trinajstić information content (AvgIpc) is 2.77. The van der Waals surface area contributed by atoms with Crippen LogP contribution in [-0.4, -0.2) is 25.9 Å². The van der Waals surface area contributed by atoms with Crippen molar-refractivity contribution in [3.8, 4) is 0 Å². The number of carbonyl (C=O) groups is 1. The lowest BCUT2D eigenvalue weighted by atomic mass is 10.0. The van der Waals surface area contributed by atoms with Gasteiger partial charge in [-0.2, -0.15) is 0 Å². The number of nitrogens with zero attached hydrogens (tertiary/aromatic N) is 1. The monoisotopic (exact) mass is 341 g/mol. The summed E-state index contributed by atoms with van der Waals surface area (Å²) < 4.78 is 15.3. The number of aromatic nitrogens is 1. The van der Waals surface area contributed by atoms with Gasteiger partial charge in [0.05, 0.1) is 0 Å². The summed E-state index contributed by atoms with van der Waals surface area (Å²) in [6.07, 6.45) is 0. The van der Waals surface area contributed by atoms with E-state index in [0.717, 1.165) is 37.8 Å². The van der Waals surface area contributed by atoms with Crippen molar-refractivity contribution in [2.75, 3.05) is 0 Å². The van der Waals surface area contributed by atoms with Gasteiger partial charge in [-0.3, -0.25) is 0 Å². The number of hydrogen-bond acceptors (Lipinski definition) is 1. The Hall–Kier alpha value is -2.40. The summed E-state index contributed by atoms with van der Waals surface area (Å²) in [7, 11) is 0.919. The number of fused-ring (bicyclic) bond motifs is 1. The minimum absolute atomic E-state index is 0.282. The molecular weight excluding hydrogens is 321 g/mol. The van der Waals surface area contributed by atoms with E-state index in [1.165, 1.54) is 22.9 Å². The number of carboxylic acids is 1. The van der Waals surface area contributed by atoms with E-state index in [-0.39, 0.29) is 11.5 Å². The first-order valence-corrected chi connectivity index (χ1v) is 8.88. The summed E-state index contributed by atoms with van der Waals surface area (Å²) >= 11 is 0. The van der Waals surface area contributed by atoms with Gasteiger partial charge < -0.3 is 9.67 Å². The molecule has 0 fully saturated rings. The van der Waals surface area contributed by atoms with Gasteiger partial charge >= 0.3 is 5.97 Å². The second-order valence-corrected chi connectivity index (χ2v) is 7.33. The van der Waals surface area contributed by atoms with Crippen LogP contribution in [0.5, 0.6) is 0 Å². The van der Waals surface area contributed by atoms with E-state index in [1.807, 2.05) is 13.0 Å². The maximum atomic E-state index is 13.5. The highest BCUT2D eigenvalue weighted by atomic mass is 28.1. The van der Waals surface area contributed by atoms with Crippen molar-refractivity contribution in [1.29, 1.82) is 0 Å². The predicted octanol–water partition coefficient (Wildman–Crippen LogP) is 2.44. The zero-order chi connectivity index (χ0) is 17.6. The molecule has 0 radical (unpaired) electrons. The molecular formula is C19H20FNO2Si. The Morgan fingerprint density at radius 1 is 1.21 bits per heavy atom. The van der Waals surface area contributed by atoms with E-state index in [9.17, 15) is 14.3 Å². The van der Waals surface area contributed by atoms with Gasteiger partial charge in [0.1, 0.15) is 11.5 Å². The molecule has 24 heavy (non-hydrogen) atoms. The van der Waals surface area contributed by atoms with Crippen LogP contribution in [-0.2, 0) is 6.54 Å². The normalized spacial score (nSPS) is 11.3. The highest BCUT2D eigenvalue weighted by Crippen LogP contribution is 2.29. The van der Waals surface area contributed by atoms with Gasteiger partial charge in [0.25, 0.3) is 0 Å². The third-order valence-corrected chi connectivity index (χ3v) is 6.40. The Balaban J connectivity index is 2.33. The van der Waals surface area contributed by atoms with E-state index in [0.29, 0.717) is 6.54 Å². The number of aryl methyl sites for hydroxylation is 3. The predicted molar refractivity (Wildman–Crippen MR) is 98.2 cm³/mol. The Morgan fingerprint density at radius 2 is 1.92 bits per heavy atom. The van der Waals surface area contributed by atoms with Crippen LogP contribution < -0.4 is 5.19 Å². The molecule has 1 heterocycles. The Kier molecular flexibility index (Phi) is 4.05. The fourth-order valence-corrected chi connectivity index (χ4v) is 3.84. The largest absolute Gasteiger partial charge is 0.477 e. The lowest BCUT2D eigenvalue weighted by Crippen LogP contribution is -2.13.